The molecule has 1 rings (SSSR count). The second-order valence-corrected chi connectivity index (χ2v) is 13.9. The first-order chi connectivity index (χ1) is 24.2. The molecule has 0 heterocycles. The van der Waals surface area contributed by atoms with Crippen molar-refractivity contribution in [2.75, 3.05) is 19.7 Å². The number of esters is 1. The topological polar surface area (TPSA) is 122 Å². The lowest BCUT2D eigenvalue weighted by Crippen LogP contribution is -2.26. The van der Waals surface area contributed by atoms with Crippen molar-refractivity contribution in [2.45, 2.75) is 162 Å². The van der Waals surface area contributed by atoms with E-state index in [0.29, 0.717) is 24.1 Å². The molecule has 1 aromatic rings. The van der Waals surface area contributed by atoms with Crippen molar-refractivity contribution in [1.82, 2.24) is 10.6 Å². The van der Waals surface area contributed by atoms with Crippen LogP contribution in [0.4, 0.5) is 0 Å². The molecule has 8 nitrogen and oxygen atoms in total. The molecule has 0 saturated carbocycles. The Bertz CT molecular complexity index is 1150. The molecule has 0 radical (unpaired) electrons. The van der Waals surface area contributed by atoms with Crippen molar-refractivity contribution in [3.8, 4) is 0 Å². The summed E-state index contributed by atoms with van der Waals surface area (Å²) < 4.78 is 5.44. The number of carboxylic acids is 1. The highest BCUT2D eigenvalue weighted by Gasteiger charge is 2.17. The van der Waals surface area contributed by atoms with Gasteiger partial charge in [-0.05, 0) is 77.5 Å². The molecule has 0 spiro atoms. The summed E-state index contributed by atoms with van der Waals surface area (Å²) in [7, 11) is 0. The van der Waals surface area contributed by atoms with Crippen LogP contribution in [0, 0.1) is 0 Å². The normalized spacial score (nSPS) is 11.2. The molecule has 0 bridgehead atoms. The summed E-state index contributed by atoms with van der Waals surface area (Å²) in [6.07, 6.45) is 26.7. The largest absolute Gasteiger partial charge is 0.481 e. The third-order valence-electron chi connectivity index (χ3n) is 8.88. The number of amides is 2. The Labute approximate surface area is 303 Å². The molecular formula is C42H68N2O6. The van der Waals surface area contributed by atoms with Gasteiger partial charge in [-0.3, -0.25) is 14.4 Å². The van der Waals surface area contributed by atoms with Crippen molar-refractivity contribution in [1.29, 1.82) is 0 Å². The number of carbonyl (C=O) groups excluding carboxylic acids is 3. The van der Waals surface area contributed by atoms with Gasteiger partial charge in [-0.1, -0.05) is 119 Å². The highest BCUT2D eigenvalue weighted by Crippen LogP contribution is 2.14. The lowest BCUT2D eigenvalue weighted by Gasteiger charge is -2.10. The van der Waals surface area contributed by atoms with Crippen molar-refractivity contribution in [2.24, 2.45) is 0 Å². The van der Waals surface area contributed by atoms with Gasteiger partial charge in [0.05, 0.1) is 11.1 Å². The maximum absolute atomic E-state index is 12.8. The monoisotopic (exact) mass is 697 g/mol. The number of carbonyl (C=O) groups is 4. The van der Waals surface area contributed by atoms with Crippen LogP contribution in [0.5, 0.6) is 0 Å². The van der Waals surface area contributed by atoms with E-state index in [0.717, 1.165) is 90.0 Å². The van der Waals surface area contributed by atoms with Gasteiger partial charge in [0.15, 0.2) is 0 Å². The predicted octanol–water partition coefficient (Wildman–Crippen LogP) is 10.3. The molecule has 0 aliphatic carbocycles. The van der Waals surface area contributed by atoms with Crippen molar-refractivity contribution in [3.05, 3.63) is 58.7 Å². The van der Waals surface area contributed by atoms with E-state index in [2.05, 4.69) is 30.6 Å². The minimum absolute atomic E-state index is 0.172. The van der Waals surface area contributed by atoms with Crippen LogP contribution in [0.25, 0.3) is 0 Å². The standard InChI is InChI=1S/C42H68N2O6/c1-35(2)25-24-26-36(3)31-34-50-42(49)38-28-21-20-27-37(38)41(48)44-33-23-17-13-9-4-6-10-14-18-29-39(45)43-32-22-16-12-8-5-7-11-15-19-30-40(46)47/h20-21,25,27-28,31H,4-19,22-24,26,29-30,32-34H2,1-3H3,(H,43,45)(H,44,48)(H,46,47). The van der Waals surface area contributed by atoms with Crippen LogP contribution < -0.4 is 10.6 Å². The molecular weight excluding hydrogens is 628 g/mol. The first-order valence-corrected chi connectivity index (χ1v) is 19.5. The third-order valence-corrected chi connectivity index (χ3v) is 8.88. The van der Waals surface area contributed by atoms with E-state index in [1.807, 2.05) is 13.0 Å². The summed E-state index contributed by atoms with van der Waals surface area (Å²) >= 11 is 0. The Morgan fingerprint density at radius 2 is 1.08 bits per heavy atom. The fraction of sp³-hybridized carbons (Fsp3) is 0.667. The van der Waals surface area contributed by atoms with Crippen LogP contribution in [0.1, 0.15) is 183 Å². The average molecular weight is 697 g/mol. The number of unbranched alkanes of at least 4 members (excludes halogenated alkanes) is 16. The summed E-state index contributed by atoms with van der Waals surface area (Å²) in [5.41, 5.74) is 3.10. The molecule has 0 aliphatic rings. The van der Waals surface area contributed by atoms with Gasteiger partial charge in [0.25, 0.3) is 5.91 Å². The fourth-order valence-electron chi connectivity index (χ4n) is 5.79. The van der Waals surface area contributed by atoms with Gasteiger partial charge in [0.1, 0.15) is 6.61 Å². The van der Waals surface area contributed by atoms with Crippen LogP contribution in [-0.4, -0.2) is 48.6 Å². The molecule has 50 heavy (non-hydrogen) atoms. The van der Waals surface area contributed by atoms with Gasteiger partial charge >= 0.3 is 11.9 Å². The van der Waals surface area contributed by atoms with Crippen LogP contribution in [0.2, 0.25) is 0 Å². The number of hydrogen-bond donors (Lipinski definition) is 3. The van der Waals surface area contributed by atoms with Crippen LogP contribution in [0.15, 0.2) is 47.6 Å². The Balaban J connectivity index is 2.00. The molecule has 282 valence electrons. The number of allylic oxidation sites excluding steroid dienone is 3. The molecule has 1 aromatic carbocycles. The Morgan fingerprint density at radius 1 is 0.600 bits per heavy atom. The number of aliphatic carboxylic acids is 1. The van der Waals surface area contributed by atoms with E-state index in [4.69, 9.17) is 9.84 Å². The zero-order valence-corrected chi connectivity index (χ0v) is 31.6. The van der Waals surface area contributed by atoms with Crippen LogP contribution >= 0.6 is 0 Å². The second kappa shape index (κ2) is 30.4. The minimum atomic E-state index is -0.697. The quantitative estimate of drug-likeness (QED) is 0.0404. The maximum Gasteiger partial charge on any atom is 0.339 e. The van der Waals surface area contributed by atoms with E-state index in [-0.39, 0.29) is 24.8 Å². The lowest BCUT2D eigenvalue weighted by atomic mass is 10.1. The van der Waals surface area contributed by atoms with E-state index in [9.17, 15) is 19.2 Å². The van der Waals surface area contributed by atoms with Crippen molar-refractivity contribution < 1.29 is 29.0 Å². The number of ether oxygens (including phenoxy) is 1. The van der Waals surface area contributed by atoms with Crippen LogP contribution in [0.3, 0.4) is 0 Å². The summed E-state index contributed by atoms with van der Waals surface area (Å²) in [6.45, 7) is 7.74. The zero-order chi connectivity index (χ0) is 36.7. The SMILES string of the molecule is CC(C)=CCCC(C)=CCOC(=O)c1ccccc1C(=O)NCCCCCCCCCCCC(=O)NCCCCCCCCCCCC(=O)O. The van der Waals surface area contributed by atoms with Crippen molar-refractivity contribution in [3.63, 3.8) is 0 Å². The van der Waals surface area contributed by atoms with Gasteiger partial charge in [-0.2, -0.15) is 0 Å². The van der Waals surface area contributed by atoms with Crippen molar-refractivity contribution >= 4 is 23.8 Å². The minimum Gasteiger partial charge on any atom is -0.481 e. The number of benzene rings is 1. The second-order valence-electron chi connectivity index (χ2n) is 13.9. The molecule has 2 amide bonds. The molecule has 8 heteroatoms. The summed E-state index contributed by atoms with van der Waals surface area (Å²) in [5, 5.41) is 14.7. The lowest BCUT2D eigenvalue weighted by molar-refractivity contribution is -0.137. The molecule has 0 unspecified atom stereocenters. The highest BCUT2D eigenvalue weighted by molar-refractivity contribution is 6.05. The first-order valence-electron chi connectivity index (χ1n) is 19.5. The molecule has 0 atom stereocenters. The molecule has 0 aromatic heterocycles. The Kier molecular flexibility index (Phi) is 27.1. The molecule has 0 fully saturated rings. The fourth-order valence-corrected chi connectivity index (χ4v) is 5.79. The zero-order valence-electron chi connectivity index (χ0n) is 31.6. The smallest absolute Gasteiger partial charge is 0.339 e. The first kappa shape index (κ1) is 44.6. The Morgan fingerprint density at radius 3 is 1.62 bits per heavy atom. The van der Waals surface area contributed by atoms with Gasteiger partial charge in [-0.15, -0.1) is 0 Å². The third kappa shape index (κ3) is 25.5. The van der Waals surface area contributed by atoms with Crippen LogP contribution in [-0.2, 0) is 14.3 Å². The van der Waals surface area contributed by atoms with E-state index >= 15 is 0 Å². The number of nitrogens with one attached hydrogen (secondary N) is 2. The van der Waals surface area contributed by atoms with Gasteiger partial charge < -0.3 is 20.5 Å². The number of hydrogen-bond acceptors (Lipinski definition) is 5. The van der Waals surface area contributed by atoms with E-state index in [1.165, 1.54) is 56.1 Å². The number of rotatable bonds is 31. The van der Waals surface area contributed by atoms with Gasteiger partial charge in [0, 0.05) is 25.9 Å². The maximum atomic E-state index is 12.8. The Hall–Kier alpha value is -3.42. The summed E-state index contributed by atoms with van der Waals surface area (Å²) in [4.78, 5) is 48.1. The summed E-state index contributed by atoms with van der Waals surface area (Å²) in [5.74, 6) is -1.25. The highest BCUT2D eigenvalue weighted by atomic mass is 16.5. The molecule has 0 saturated heterocycles. The predicted molar refractivity (Wildman–Crippen MR) is 204 cm³/mol. The molecule has 3 N–H and O–H groups in total. The summed E-state index contributed by atoms with van der Waals surface area (Å²) in [6, 6.07) is 6.82. The average Bonchev–Trinajstić information content (AvgIpc) is 3.08. The van der Waals surface area contributed by atoms with E-state index in [1.54, 1.807) is 24.3 Å². The number of carboxylic acid groups (broad SMARTS) is 1. The van der Waals surface area contributed by atoms with E-state index < -0.39 is 11.9 Å². The molecule has 0 aliphatic heterocycles. The van der Waals surface area contributed by atoms with Gasteiger partial charge in [-0.25, -0.2) is 4.79 Å². The van der Waals surface area contributed by atoms with Gasteiger partial charge in [0.2, 0.25) is 5.91 Å².